The molecule has 118 valence electrons. The van der Waals surface area contributed by atoms with E-state index in [1.807, 2.05) is 13.8 Å². The molecule has 1 aromatic heterocycles. The van der Waals surface area contributed by atoms with E-state index >= 15 is 0 Å². The van der Waals surface area contributed by atoms with Crippen LogP contribution in [-0.4, -0.2) is 11.9 Å². The van der Waals surface area contributed by atoms with Crippen molar-refractivity contribution in [2.45, 2.75) is 40.1 Å². The first-order chi connectivity index (χ1) is 10.7. The summed E-state index contributed by atoms with van der Waals surface area (Å²) in [7, 11) is 0. The molecule has 0 amide bonds. The highest BCUT2D eigenvalue weighted by Crippen LogP contribution is 2.30. The SMILES string of the molecule is CCc1noc(C)c1COCc1cc(F)cc2c1OCOC2. The van der Waals surface area contributed by atoms with Crippen LogP contribution in [0.2, 0.25) is 0 Å². The van der Waals surface area contributed by atoms with Gasteiger partial charge < -0.3 is 18.7 Å². The van der Waals surface area contributed by atoms with Crippen LogP contribution in [0.25, 0.3) is 0 Å². The number of benzene rings is 1. The molecule has 0 aliphatic carbocycles. The van der Waals surface area contributed by atoms with E-state index in [-0.39, 0.29) is 19.2 Å². The maximum absolute atomic E-state index is 13.6. The molecule has 0 bridgehead atoms. The smallest absolute Gasteiger partial charge is 0.189 e. The van der Waals surface area contributed by atoms with Crippen LogP contribution in [0.1, 0.15) is 35.1 Å². The Kier molecular flexibility index (Phi) is 4.40. The summed E-state index contributed by atoms with van der Waals surface area (Å²) >= 11 is 0. The molecule has 0 N–H and O–H groups in total. The molecule has 1 aromatic carbocycles. The van der Waals surface area contributed by atoms with E-state index < -0.39 is 0 Å². The van der Waals surface area contributed by atoms with E-state index in [0.717, 1.165) is 23.4 Å². The third-order valence-corrected chi connectivity index (χ3v) is 3.66. The van der Waals surface area contributed by atoms with Crippen LogP contribution in [0.15, 0.2) is 16.7 Å². The molecule has 0 saturated carbocycles. The Morgan fingerprint density at radius 3 is 3.00 bits per heavy atom. The molecule has 0 fully saturated rings. The lowest BCUT2D eigenvalue weighted by molar-refractivity contribution is -0.0188. The first-order valence-electron chi connectivity index (χ1n) is 7.22. The van der Waals surface area contributed by atoms with Crippen LogP contribution in [0, 0.1) is 12.7 Å². The first-order valence-corrected chi connectivity index (χ1v) is 7.22. The van der Waals surface area contributed by atoms with E-state index in [4.69, 9.17) is 18.7 Å². The van der Waals surface area contributed by atoms with Gasteiger partial charge in [0, 0.05) is 16.7 Å². The van der Waals surface area contributed by atoms with Gasteiger partial charge in [0.2, 0.25) is 0 Å². The lowest BCUT2D eigenvalue weighted by Crippen LogP contribution is -2.14. The summed E-state index contributed by atoms with van der Waals surface area (Å²) < 4.78 is 35.2. The van der Waals surface area contributed by atoms with Gasteiger partial charge in [-0.05, 0) is 25.5 Å². The normalized spacial score (nSPS) is 13.8. The van der Waals surface area contributed by atoms with Crippen LogP contribution in [0.4, 0.5) is 4.39 Å². The summed E-state index contributed by atoms with van der Waals surface area (Å²) in [5.74, 6) is 1.09. The molecule has 0 atom stereocenters. The number of fused-ring (bicyclic) bond motifs is 1. The molecule has 3 rings (SSSR count). The van der Waals surface area contributed by atoms with Crippen molar-refractivity contribution in [3.63, 3.8) is 0 Å². The number of aromatic nitrogens is 1. The van der Waals surface area contributed by atoms with Crippen LogP contribution in [0.3, 0.4) is 0 Å². The lowest BCUT2D eigenvalue weighted by atomic mass is 10.1. The predicted molar refractivity (Wildman–Crippen MR) is 75.8 cm³/mol. The van der Waals surface area contributed by atoms with E-state index in [0.29, 0.717) is 30.1 Å². The maximum atomic E-state index is 13.6. The molecule has 0 radical (unpaired) electrons. The molecule has 0 saturated heterocycles. The van der Waals surface area contributed by atoms with Crippen LogP contribution < -0.4 is 4.74 Å². The van der Waals surface area contributed by atoms with Gasteiger partial charge in [0.15, 0.2) is 6.79 Å². The van der Waals surface area contributed by atoms with Gasteiger partial charge in [-0.1, -0.05) is 12.1 Å². The molecule has 6 heteroatoms. The third-order valence-electron chi connectivity index (χ3n) is 3.66. The molecule has 0 spiro atoms. The van der Waals surface area contributed by atoms with Crippen LogP contribution in [-0.2, 0) is 35.7 Å². The number of nitrogens with zero attached hydrogens (tertiary/aromatic N) is 1. The highest BCUT2D eigenvalue weighted by Gasteiger charge is 2.18. The minimum atomic E-state index is -0.318. The van der Waals surface area contributed by atoms with Crippen molar-refractivity contribution in [3.05, 3.63) is 46.1 Å². The quantitative estimate of drug-likeness (QED) is 0.848. The van der Waals surface area contributed by atoms with Gasteiger partial charge >= 0.3 is 0 Å². The number of halogens is 1. The van der Waals surface area contributed by atoms with E-state index in [1.54, 1.807) is 0 Å². The number of aryl methyl sites for hydroxylation is 2. The van der Waals surface area contributed by atoms with Crippen molar-refractivity contribution in [3.8, 4) is 5.75 Å². The maximum Gasteiger partial charge on any atom is 0.189 e. The van der Waals surface area contributed by atoms with Crippen molar-refractivity contribution in [1.82, 2.24) is 5.16 Å². The Labute approximate surface area is 128 Å². The van der Waals surface area contributed by atoms with Crippen molar-refractivity contribution in [2.75, 3.05) is 6.79 Å². The summed E-state index contributed by atoms with van der Waals surface area (Å²) in [4.78, 5) is 0. The van der Waals surface area contributed by atoms with Crippen molar-refractivity contribution >= 4 is 0 Å². The molecule has 1 aliphatic rings. The largest absolute Gasteiger partial charge is 0.467 e. The standard InChI is InChI=1S/C16H18FNO4/c1-3-15-14(10(2)22-18-15)8-19-6-11-4-13(17)5-12-7-20-9-21-16(11)12/h4-5H,3,6-9H2,1-2H3. The molecule has 0 unspecified atom stereocenters. The Bertz CT molecular complexity index is 668. The molecule has 2 aromatic rings. The molecular weight excluding hydrogens is 289 g/mol. The van der Waals surface area contributed by atoms with Gasteiger partial charge in [0.1, 0.15) is 17.3 Å². The fraction of sp³-hybridized carbons (Fsp3) is 0.438. The number of hydrogen-bond acceptors (Lipinski definition) is 5. The van der Waals surface area contributed by atoms with Crippen LogP contribution in [0.5, 0.6) is 5.75 Å². The predicted octanol–water partition coefficient (Wildman–Crippen LogP) is 3.27. The first kappa shape index (κ1) is 15.0. The monoisotopic (exact) mass is 307 g/mol. The molecule has 5 nitrogen and oxygen atoms in total. The Balaban J connectivity index is 1.71. The molecule has 2 heterocycles. The molecule has 1 aliphatic heterocycles. The minimum Gasteiger partial charge on any atom is -0.467 e. The zero-order chi connectivity index (χ0) is 15.5. The van der Waals surface area contributed by atoms with Crippen LogP contribution >= 0.6 is 0 Å². The Morgan fingerprint density at radius 2 is 2.18 bits per heavy atom. The minimum absolute atomic E-state index is 0.177. The summed E-state index contributed by atoms with van der Waals surface area (Å²) in [5, 5.41) is 3.99. The Morgan fingerprint density at radius 1 is 1.32 bits per heavy atom. The van der Waals surface area contributed by atoms with E-state index in [1.165, 1.54) is 12.1 Å². The number of hydrogen-bond donors (Lipinski definition) is 0. The number of ether oxygens (including phenoxy) is 3. The topological polar surface area (TPSA) is 53.7 Å². The third kappa shape index (κ3) is 2.98. The summed E-state index contributed by atoms with van der Waals surface area (Å²) in [5.41, 5.74) is 3.24. The summed E-state index contributed by atoms with van der Waals surface area (Å²) in [6.45, 7) is 5.03. The van der Waals surface area contributed by atoms with Gasteiger partial charge in [-0.15, -0.1) is 0 Å². The Hall–Kier alpha value is -1.92. The van der Waals surface area contributed by atoms with Gasteiger partial charge in [-0.25, -0.2) is 4.39 Å². The summed E-state index contributed by atoms with van der Waals surface area (Å²) in [6, 6.07) is 2.86. The second kappa shape index (κ2) is 6.46. The zero-order valence-electron chi connectivity index (χ0n) is 12.6. The van der Waals surface area contributed by atoms with Gasteiger partial charge in [-0.3, -0.25) is 0 Å². The van der Waals surface area contributed by atoms with Crippen molar-refractivity contribution in [1.29, 1.82) is 0 Å². The highest BCUT2D eigenvalue weighted by molar-refractivity contribution is 5.42. The average molecular weight is 307 g/mol. The summed E-state index contributed by atoms with van der Waals surface area (Å²) in [6.07, 6.45) is 0.784. The van der Waals surface area contributed by atoms with Gasteiger partial charge in [0.05, 0.1) is 25.5 Å². The lowest BCUT2D eigenvalue weighted by Gasteiger charge is -2.20. The fourth-order valence-corrected chi connectivity index (χ4v) is 2.53. The zero-order valence-corrected chi connectivity index (χ0v) is 12.6. The van der Waals surface area contributed by atoms with E-state index in [9.17, 15) is 4.39 Å². The van der Waals surface area contributed by atoms with Gasteiger partial charge in [-0.2, -0.15) is 0 Å². The number of rotatable bonds is 5. The van der Waals surface area contributed by atoms with Crippen molar-refractivity contribution < 1.29 is 23.1 Å². The average Bonchev–Trinajstić information content (AvgIpc) is 2.87. The molecular formula is C16H18FNO4. The second-order valence-corrected chi connectivity index (χ2v) is 5.17. The fourth-order valence-electron chi connectivity index (χ4n) is 2.53. The van der Waals surface area contributed by atoms with Gasteiger partial charge in [0.25, 0.3) is 0 Å². The molecule has 22 heavy (non-hydrogen) atoms. The highest BCUT2D eigenvalue weighted by atomic mass is 19.1. The van der Waals surface area contributed by atoms with Crippen molar-refractivity contribution in [2.24, 2.45) is 0 Å². The van der Waals surface area contributed by atoms with E-state index in [2.05, 4.69) is 5.16 Å². The second-order valence-electron chi connectivity index (χ2n) is 5.17.